The number of aromatic amines is 2. The zero-order valence-electron chi connectivity index (χ0n) is 10.9. The van der Waals surface area contributed by atoms with E-state index in [-0.39, 0.29) is 0 Å². The lowest BCUT2D eigenvalue weighted by Gasteiger charge is -2.06. The van der Waals surface area contributed by atoms with Crippen molar-refractivity contribution >= 4 is 29.5 Å². The lowest BCUT2D eigenvalue weighted by molar-refractivity contribution is 0.460. The van der Waals surface area contributed by atoms with Gasteiger partial charge < -0.3 is 9.31 Å². The Bertz CT molecular complexity index is 828. The van der Waals surface area contributed by atoms with Crippen LogP contribution in [0.25, 0.3) is 21.8 Å². The molecule has 0 amide bonds. The van der Waals surface area contributed by atoms with Crippen LogP contribution in [0.2, 0.25) is 0 Å². The molecule has 0 fully saturated rings. The maximum atomic E-state index is 5.47. The molecule has 2 N–H and O–H groups in total. The van der Waals surface area contributed by atoms with E-state index in [0.717, 1.165) is 21.8 Å². The van der Waals surface area contributed by atoms with Gasteiger partial charge in [-0.1, -0.05) is 0 Å². The number of H-pyrrole nitrogens is 2. The molecule has 1 radical (unpaired) electrons. The third kappa shape index (κ3) is 2.29. The van der Waals surface area contributed by atoms with Crippen LogP contribution in [-0.4, -0.2) is 28.1 Å². The summed E-state index contributed by atoms with van der Waals surface area (Å²) < 4.78 is 10.9. The highest BCUT2D eigenvalue weighted by atomic mass is 16.6. The van der Waals surface area contributed by atoms with Gasteiger partial charge in [0.15, 0.2) is 0 Å². The fourth-order valence-electron chi connectivity index (χ4n) is 2.12. The second-order valence-electron chi connectivity index (χ2n) is 4.57. The van der Waals surface area contributed by atoms with Crippen molar-refractivity contribution in [2.75, 3.05) is 0 Å². The molecule has 4 rings (SSSR count). The summed E-state index contributed by atoms with van der Waals surface area (Å²) in [6, 6.07) is 11.3. The quantitative estimate of drug-likeness (QED) is 0.562. The molecular weight excluding hydrogens is 267 g/mol. The summed E-state index contributed by atoms with van der Waals surface area (Å²) in [5, 5.41) is 15.7. The summed E-state index contributed by atoms with van der Waals surface area (Å²) >= 11 is 0. The standard InChI is InChI=1S/C14H10BN4O2/c1-3-13-9(7-16-18-13)5-11(1)20-15-21-12-2-4-14-10(6-12)8-17-19-14/h1-8H,(H,16,18)(H,17,19). The first kappa shape index (κ1) is 11.8. The van der Waals surface area contributed by atoms with Gasteiger partial charge in [-0.15, -0.1) is 0 Å². The van der Waals surface area contributed by atoms with Gasteiger partial charge in [0.2, 0.25) is 0 Å². The average Bonchev–Trinajstić information content (AvgIpc) is 3.14. The molecule has 0 saturated carbocycles. The monoisotopic (exact) mass is 277 g/mol. The molecule has 101 valence electrons. The molecule has 4 aromatic rings. The maximum absolute atomic E-state index is 5.47. The minimum absolute atomic E-state index is 0.688. The Morgan fingerprint density at radius 2 is 1.29 bits per heavy atom. The Morgan fingerprint density at radius 1 is 0.762 bits per heavy atom. The number of hydrogen-bond donors (Lipinski definition) is 2. The van der Waals surface area contributed by atoms with Crippen LogP contribution < -0.4 is 9.31 Å². The molecule has 7 heteroatoms. The molecule has 0 atom stereocenters. The van der Waals surface area contributed by atoms with E-state index in [1.807, 2.05) is 36.4 Å². The summed E-state index contributed by atoms with van der Waals surface area (Å²) in [7, 11) is 1.31. The predicted molar refractivity (Wildman–Crippen MR) is 79.2 cm³/mol. The highest BCUT2D eigenvalue weighted by Crippen LogP contribution is 2.20. The largest absolute Gasteiger partial charge is 0.658 e. The summed E-state index contributed by atoms with van der Waals surface area (Å²) in [5.41, 5.74) is 1.93. The molecule has 2 aromatic heterocycles. The fraction of sp³-hybridized carbons (Fsp3) is 0. The Balaban J connectivity index is 1.44. The third-order valence-electron chi connectivity index (χ3n) is 3.19. The molecule has 2 heterocycles. The fourth-order valence-corrected chi connectivity index (χ4v) is 2.12. The Kier molecular flexibility index (Phi) is 2.74. The molecule has 0 aliphatic carbocycles. The Morgan fingerprint density at radius 3 is 1.81 bits per heavy atom. The van der Waals surface area contributed by atoms with Crippen molar-refractivity contribution in [1.82, 2.24) is 20.4 Å². The normalized spacial score (nSPS) is 10.9. The summed E-state index contributed by atoms with van der Waals surface area (Å²) in [6.07, 6.45) is 3.49. The molecule has 0 saturated heterocycles. The van der Waals surface area contributed by atoms with Crippen LogP contribution in [0, 0.1) is 0 Å². The zero-order chi connectivity index (χ0) is 14.1. The van der Waals surface area contributed by atoms with Gasteiger partial charge in [0.1, 0.15) is 11.5 Å². The van der Waals surface area contributed by atoms with Gasteiger partial charge in [-0.2, -0.15) is 10.2 Å². The number of hydrogen-bond acceptors (Lipinski definition) is 4. The van der Waals surface area contributed by atoms with Crippen LogP contribution in [0.5, 0.6) is 11.5 Å². The van der Waals surface area contributed by atoms with Gasteiger partial charge in [0, 0.05) is 10.8 Å². The van der Waals surface area contributed by atoms with Gasteiger partial charge >= 0.3 is 7.69 Å². The van der Waals surface area contributed by atoms with Crippen molar-refractivity contribution in [1.29, 1.82) is 0 Å². The molecule has 0 spiro atoms. The first-order valence-electron chi connectivity index (χ1n) is 6.40. The van der Waals surface area contributed by atoms with Crippen molar-refractivity contribution in [3.05, 3.63) is 48.8 Å². The smallest absolute Gasteiger partial charge is 0.526 e. The van der Waals surface area contributed by atoms with Crippen LogP contribution in [0.15, 0.2) is 48.8 Å². The first-order valence-corrected chi connectivity index (χ1v) is 6.40. The second kappa shape index (κ2) is 4.86. The van der Waals surface area contributed by atoms with Crippen LogP contribution in [0.4, 0.5) is 0 Å². The van der Waals surface area contributed by atoms with E-state index in [9.17, 15) is 0 Å². The van der Waals surface area contributed by atoms with E-state index >= 15 is 0 Å². The topological polar surface area (TPSA) is 75.8 Å². The third-order valence-corrected chi connectivity index (χ3v) is 3.19. The van der Waals surface area contributed by atoms with E-state index in [1.165, 1.54) is 7.69 Å². The molecular formula is C14H10BN4O2. The van der Waals surface area contributed by atoms with E-state index in [4.69, 9.17) is 9.31 Å². The zero-order valence-corrected chi connectivity index (χ0v) is 10.9. The number of fused-ring (bicyclic) bond motifs is 2. The lowest BCUT2D eigenvalue weighted by atomic mass is 10.2. The Hall–Kier alpha value is -2.96. The molecule has 0 bridgehead atoms. The van der Waals surface area contributed by atoms with Crippen LogP contribution >= 0.6 is 0 Å². The Labute approximate surface area is 120 Å². The lowest BCUT2D eigenvalue weighted by Crippen LogP contribution is -2.10. The van der Waals surface area contributed by atoms with E-state index in [1.54, 1.807) is 12.4 Å². The van der Waals surface area contributed by atoms with E-state index in [0.29, 0.717) is 11.5 Å². The van der Waals surface area contributed by atoms with Crippen molar-refractivity contribution in [2.45, 2.75) is 0 Å². The van der Waals surface area contributed by atoms with Crippen LogP contribution in [0.3, 0.4) is 0 Å². The van der Waals surface area contributed by atoms with Crippen molar-refractivity contribution in [2.24, 2.45) is 0 Å². The maximum Gasteiger partial charge on any atom is 0.658 e. The summed E-state index contributed by atoms with van der Waals surface area (Å²) in [6.45, 7) is 0. The highest BCUT2D eigenvalue weighted by Gasteiger charge is 2.05. The van der Waals surface area contributed by atoms with Crippen molar-refractivity contribution < 1.29 is 9.31 Å². The number of nitrogens with one attached hydrogen (secondary N) is 2. The average molecular weight is 277 g/mol. The number of nitrogens with zero attached hydrogens (tertiary/aromatic N) is 2. The summed E-state index contributed by atoms with van der Waals surface area (Å²) in [4.78, 5) is 0. The molecule has 0 aliphatic rings. The van der Waals surface area contributed by atoms with Gasteiger partial charge in [0.25, 0.3) is 0 Å². The van der Waals surface area contributed by atoms with Gasteiger partial charge in [-0.3, -0.25) is 10.2 Å². The molecule has 2 aromatic carbocycles. The molecule has 6 nitrogen and oxygen atoms in total. The van der Waals surface area contributed by atoms with Crippen LogP contribution in [-0.2, 0) is 0 Å². The number of aromatic nitrogens is 4. The summed E-state index contributed by atoms with van der Waals surface area (Å²) in [5.74, 6) is 1.38. The minimum Gasteiger partial charge on any atom is -0.526 e. The minimum atomic E-state index is 0.688. The number of benzene rings is 2. The SMILES string of the molecule is [B](Oc1ccc2[nH]ncc2c1)Oc1ccc2[nH]ncc2c1. The van der Waals surface area contributed by atoms with Gasteiger partial charge in [-0.05, 0) is 36.4 Å². The number of rotatable bonds is 4. The second-order valence-corrected chi connectivity index (χ2v) is 4.57. The van der Waals surface area contributed by atoms with Gasteiger partial charge in [0.05, 0.1) is 23.4 Å². The highest BCUT2D eigenvalue weighted by molar-refractivity contribution is 6.20. The predicted octanol–water partition coefficient (Wildman–Crippen LogP) is 2.43. The van der Waals surface area contributed by atoms with Gasteiger partial charge in [-0.25, -0.2) is 0 Å². The molecule has 0 unspecified atom stereocenters. The van der Waals surface area contributed by atoms with Crippen molar-refractivity contribution in [3.63, 3.8) is 0 Å². The first-order chi connectivity index (χ1) is 10.4. The molecule has 21 heavy (non-hydrogen) atoms. The molecule has 0 aliphatic heterocycles. The van der Waals surface area contributed by atoms with Crippen LogP contribution in [0.1, 0.15) is 0 Å². The van der Waals surface area contributed by atoms with Crippen molar-refractivity contribution in [3.8, 4) is 11.5 Å². The van der Waals surface area contributed by atoms with E-state index < -0.39 is 0 Å². The van der Waals surface area contributed by atoms with E-state index in [2.05, 4.69) is 20.4 Å².